The van der Waals surface area contributed by atoms with Gasteiger partial charge in [-0.15, -0.1) is 11.3 Å². The van der Waals surface area contributed by atoms with Crippen molar-refractivity contribution in [2.24, 2.45) is 0 Å². The molecule has 4 aromatic rings. The van der Waals surface area contributed by atoms with Crippen LogP contribution in [0.25, 0.3) is 22.3 Å². The highest BCUT2D eigenvalue weighted by molar-refractivity contribution is 7.12. The number of thiazole rings is 1. The Morgan fingerprint density at radius 3 is 2.69 bits per heavy atom. The van der Waals surface area contributed by atoms with Crippen LogP contribution in [0, 0.1) is 13.8 Å². The minimum Gasteiger partial charge on any atom is -0.273 e. The van der Waals surface area contributed by atoms with Crippen molar-refractivity contribution in [2.75, 3.05) is 5.43 Å². The summed E-state index contributed by atoms with van der Waals surface area (Å²) in [6.07, 6.45) is 1.91. The van der Waals surface area contributed by atoms with Crippen LogP contribution < -0.4 is 5.43 Å². The number of imidazole rings is 1. The molecule has 0 atom stereocenters. The van der Waals surface area contributed by atoms with Crippen LogP contribution in [0.3, 0.4) is 0 Å². The van der Waals surface area contributed by atoms with E-state index in [1.165, 1.54) is 5.56 Å². The smallest absolute Gasteiger partial charge is 0.244 e. The zero-order valence-corrected chi connectivity index (χ0v) is 15.4. The topological polar surface area (TPSA) is 59.8 Å². The largest absolute Gasteiger partial charge is 0.273 e. The van der Waals surface area contributed by atoms with Crippen LogP contribution in [0.15, 0.2) is 54.9 Å². The number of nitrogens with zero attached hydrogens (tertiary/aromatic N) is 3. The molecule has 0 saturated carbocycles. The Bertz CT molecular complexity index is 1080. The SMILES string of the molecule is Cc1ccc(-c2nc(C)sc2CC(=O)Nn2cnc3ccccc32)cc1. The van der Waals surface area contributed by atoms with Crippen molar-refractivity contribution in [3.8, 4) is 11.3 Å². The third-order valence-electron chi connectivity index (χ3n) is 4.15. The summed E-state index contributed by atoms with van der Waals surface area (Å²) in [4.78, 5) is 22.5. The molecule has 2 heterocycles. The Labute approximate surface area is 155 Å². The van der Waals surface area contributed by atoms with Crippen molar-refractivity contribution in [2.45, 2.75) is 20.3 Å². The predicted molar refractivity (Wildman–Crippen MR) is 105 cm³/mol. The normalized spacial score (nSPS) is 11.0. The number of hydrogen-bond donors (Lipinski definition) is 1. The van der Waals surface area contributed by atoms with Gasteiger partial charge in [-0.05, 0) is 26.0 Å². The quantitative estimate of drug-likeness (QED) is 0.595. The molecule has 0 bridgehead atoms. The third kappa shape index (κ3) is 3.23. The van der Waals surface area contributed by atoms with Crippen LogP contribution in [0.1, 0.15) is 15.4 Å². The van der Waals surface area contributed by atoms with Crippen molar-refractivity contribution < 1.29 is 4.79 Å². The van der Waals surface area contributed by atoms with Gasteiger partial charge in [-0.1, -0.05) is 42.0 Å². The van der Waals surface area contributed by atoms with Gasteiger partial charge in [0.15, 0.2) is 0 Å². The third-order valence-corrected chi connectivity index (χ3v) is 5.12. The Balaban J connectivity index is 1.57. The summed E-state index contributed by atoms with van der Waals surface area (Å²) >= 11 is 1.56. The number of rotatable bonds is 4. The molecule has 130 valence electrons. The molecule has 26 heavy (non-hydrogen) atoms. The van der Waals surface area contributed by atoms with Crippen molar-refractivity contribution in [1.29, 1.82) is 0 Å². The summed E-state index contributed by atoms with van der Waals surface area (Å²) in [5.41, 5.74) is 7.75. The lowest BCUT2D eigenvalue weighted by Gasteiger charge is -2.07. The van der Waals surface area contributed by atoms with Crippen LogP contribution in [0.5, 0.6) is 0 Å². The Hall–Kier alpha value is -2.99. The average molecular weight is 362 g/mol. The summed E-state index contributed by atoms with van der Waals surface area (Å²) in [5, 5.41) is 0.955. The number of nitrogens with one attached hydrogen (secondary N) is 1. The molecule has 0 saturated heterocycles. The summed E-state index contributed by atoms with van der Waals surface area (Å²) in [6.45, 7) is 4.02. The van der Waals surface area contributed by atoms with E-state index in [1.54, 1.807) is 22.3 Å². The second-order valence-corrected chi connectivity index (χ2v) is 7.47. The standard InChI is InChI=1S/C20H18N4OS/c1-13-7-9-15(10-8-13)20-18(26-14(2)22-20)11-19(25)23-24-12-21-16-5-3-4-6-17(16)24/h3-10,12H,11H2,1-2H3,(H,23,25). The molecule has 0 aliphatic rings. The number of hydrogen-bond acceptors (Lipinski definition) is 4. The Kier molecular flexibility index (Phi) is 4.26. The fourth-order valence-corrected chi connectivity index (χ4v) is 3.85. The van der Waals surface area contributed by atoms with Gasteiger partial charge in [0.1, 0.15) is 6.33 Å². The van der Waals surface area contributed by atoms with Gasteiger partial charge < -0.3 is 0 Å². The number of carbonyl (C=O) groups is 1. The maximum Gasteiger partial charge on any atom is 0.244 e. The summed E-state index contributed by atoms with van der Waals surface area (Å²) < 4.78 is 1.66. The number of para-hydroxylation sites is 2. The van der Waals surface area contributed by atoms with Crippen LogP contribution in [-0.4, -0.2) is 20.6 Å². The zero-order valence-electron chi connectivity index (χ0n) is 14.6. The lowest BCUT2D eigenvalue weighted by Crippen LogP contribution is -2.23. The fourth-order valence-electron chi connectivity index (χ4n) is 2.89. The molecule has 6 heteroatoms. The van der Waals surface area contributed by atoms with E-state index >= 15 is 0 Å². The Morgan fingerprint density at radius 2 is 1.88 bits per heavy atom. The van der Waals surface area contributed by atoms with E-state index in [2.05, 4.69) is 46.6 Å². The molecule has 0 aliphatic carbocycles. The van der Waals surface area contributed by atoms with E-state index in [4.69, 9.17) is 0 Å². The summed E-state index contributed by atoms with van der Waals surface area (Å²) in [5.74, 6) is -0.0924. The van der Waals surface area contributed by atoms with Gasteiger partial charge in [-0.3, -0.25) is 10.2 Å². The fraction of sp³-hybridized carbons (Fsp3) is 0.150. The van der Waals surface area contributed by atoms with E-state index in [0.29, 0.717) is 0 Å². The maximum atomic E-state index is 12.6. The monoisotopic (exact) mass is 362 g/mol. The van der Waals surface area contributed by atoms with Gasteiger partial charge in [-0.25, -0.2) is 14.6 Å². The second kappa shape index (κ2) is 6.72. The molecule has 2 aromatic heterocycles. The number of benzene rings is 2. The highest BCUT2D eigenvalue weighted by Crippen LogP contribution is 2.28. The number of amides is 1. The summed E-state index contributed by atoms with van der Waals surface area (Å²) in [6, 6.07) is 15.9. The lowest BCUT2D eigenvalue weighted by atomic mass is 10.1. The summed E-state index contributed by atoms with van der Waals surface area (Å²) in [7, 11) is 0. The molecular formula is C20H18N4OS. The van der Waals surface area contributed by atoms with E-state index in [-0.39, 0.29) is 12.3 Å². The first-order chi connectivity index (χ1) is 12.6. The molecule has 1 amide bonds. The molecular weight excluding hydrogens is 344 g/mol. The molecule has 0 spiro atoms. The highest BCUT2D eigenvalue weighted by atomic mass is 32.1. The zero-order chi connectivity index (χ0) is 18.1. The molecule has 0 unspecified atom stereocenters. The molecule has 0 aliphatic heterocycles. The number of aromatic nitrogens is 3. The molecule has 1 N–H and O–H groups in total. The van der Waals surface area contributed by atoms with Crippen LogP contribution in [0.4, 0.5) is 0 Å². The van der Waals surface area contributed by atoms with Crippen LogP contribution in [0.2, 0.25) is 0 Å². The second-order valence-electron chi connectivity index (χ2n) is 6.19. The van der Waals surface area contributed by atoms with E-state index in [1.807, 2.05) is 31.2 Å². The van der Waals surface area contributed by atoms with Gasteiger partial charge in [0.05, 0.1) is 28.2 Å². The van der Waals surface area contributed by atoms with Gasteiger partial charge >= 0.3 is 0 Å². The number of aryl methyl sites for hydroxylation is 2. The minimum atomic E-state index is -0.0924. The first-order valence-electron chi connectivity index (χ1n) is 8.35. The lowest BCUT2D eigenvalue weighted by molar-refractivity contribution is -0.116. The van der Waals surface area contributed by atoms with Crippen molar-refractivity contribution in [3.05, 3.63) is 70.3 Å². The van der Waals surface area contributed by atoms with Crippen LogP contribution in [-0.2, 0) is 11.2 Å². The molecule has 0 fully saturated rings. The van der Waals surface area contributed by atoms with E-state index in [0.717, 1.165) is 32.2 Å². The number of carbonyl (C=O) groups excluding carboxylic acids is 1. The van der Waals surface area contributed by atoms with Crippen molar-refractivity contribution in [3.63, 3.8) is 0 Å². The van der Waals surface area contributed by atoms with Crippen LogP contribution >= 0.6 is 11.3 Å². The van der Waals surface area contributed by atoms with Gasteiger partial charge in [-0.2, -0.15) is 0 Å². The first kappa shape index (κ1) is 16.5. The molecule has 0 radical (unpaired) electrons. The molecule has 5 nitrogen and oxygen atoms in total. The average Bonchev–Trinajstić information content (AvgIpc) is 3.19. The maximum absolute atomic E-state index is 12.6. The minimum absolute atomic E-state index is 0.0924. The molecule has 4 rings (SSSR count). The first-order valence-corrected chi connectivity index (χ1v) is 9.17. The van der Waals surface area contributed by atoms with E-state index < -0.39 is 0 Å². The van der Waals surface area contributed by atoms with E-state index in [9.17, 15) is 4.79 Å². The van der Waals surface area contributed by atoms with Crippen molar-refractivity contribution >= 4 is 28.3 Å². The highest BCUT2D eigenvalue weighted by Gasteiger charge is 2.15. The van der Waals surface area contributed by atoms with Gasteiger partial charge in [0.2, 0.25) is 5.91 Å². The Morgan fingerprint density at radius 1 is 1.12 bits per heavy atom. The number of fused-ring (bicyclic) bond motifs is 1. The van der Waals surface area contributed by atoms with Gasteiger partial charge in [0.25, 0.3) is 0 Å². The molecule has 2 aromatic carbocycles. The van der Waals surface area contributed by atoms with Crippen molar-refractivity contribution in [1.82, 2.24) is 14.6 Å². The van der Waals surface area contributed by atoms with Gasteiger partial charge in [0, 0.05) is 10.4 Å². The predicted octanol–water partition coefficient (Wildman–Crippen LogP) is 4.09.